The van der Waals surface area contributed by atoms with Crippen LogP contribution in [0.5, 0.6) is 0 Å². The lowest BCUT2D eigenvalue weighted by atomic mass is 9.98. The number of benzene rings is 1. The maximum atomic E-state index is 13.2. The predicted molar refractivity (Wildman–Crippen MR) is 70.1 cm³/mol. The van der Waals surface area contributed by atoms with Crippen molar-refractivity contribution in [3.8, 4) is 0 Å². The summed E-state index contributed by atoms with van der Waals surface area (Å²) < 4.78 is 18.3. The fourth-order valence-electron chi connectivity index (χ4n) is 1.98. The van der Waals surface area contributed by atoms with E-state index in [4.69, 9.17) is 4.74 Å². The number of hydrogen-bond donors (Lipinski definition) is 1. The molecule has 0 saturated heterocycles. The van der Waals surface area contributed by atoms with Gasteiger partial charge in [-0.25, -0.2) is 14.2 Å². The minimum absolute atomic E-state index is 0.149. The number of nitrogens with zero attached hydrogens (tertiary/aromatic N) is 1. The maximum Gasteiger partial charge on any atom is 0.339 e. The Bertz CT molecular complexity index is 672. The van der Waals surface area contributed by atoms with Crippen molar-refractivity contribution in [3.05, 3.63) is 46.7 Å². The number of amides is 1. The summed E-state index contributed by atoms with van der Waals surface area (Å²) in [6.45, 7) is 0. The number of carbonyl (C=O) groups excluding carboxylic acids is 2. The summed E-state index contributed by atoms with van der Waals surface area (Å²) in [5.74, 6) is -1.54. The Labute approximate surface area is 117 Å². The molecular weight excluding hydrogens is 283 g/mol. The zero-order valence-electron chi connectivity index (χ0n) is 10.1. The van der Waals surface area contributed by atoms with E-state index in [1.807, 2.05) is 0 Å². The lowest BCUT2D eigenvalue weighted by Gasteiger charge is -2.23. The van der Waals surface area contributed by atoms with E-state index in [9.17, 15) is 14.0 Å². The first kappa shape index (κ1) is 12.7. The molecule has 1 aliphatic heterocycles. The molecule has 0 saturated carbocycles. The number of aromatic nitrogens is 1. The number of esters is 1. The Morgan fingerprint density at radius 3 is 3.10 bits per heavy atom. The average Bonchev–Trinajstić information content (AvgIpc) is 2.90. The number of carbonyl (C=O) groups is 2. The molecule has 0 fully saturated rings. The summed E-state index contributed by atoms with van der Waals surface area (Å²) in [4.78, 5) is 27.7. The van der Waals surface area contributed by atoms with Gasteiger partial charge in [0.15, 0.2) is 11.2 Å². The largest absolute Gasteiger partial charge is 0.448 e. The summed E-state index contributed by atoms with van der Waals surface area (Å²) in [7, 11) is 0. The molecule has 1 N–H and O–H groups in total. The van der Waals surface area contributed by atoms with Gasteiger partial charge < -0.3 is 4.74 Å². The highest BCUT2D eigenvalue weighted by Gasteiger charge is 2.31. The van der Waals surface area contributed by atoms with Gasteiger partial charge in [-0.3, -0.25) is 10.1 Å². The zero-order chi connectivity index (χ0) is 14.1. The molecule has 3 rings (SSSR count). The van der Waals surface area contributed by atoms with Crippen LogP contribution in [0.25, 0.3) is 0 Å². The van der Waals surface area contributed by atoms with Crippen LogP contribution in [0.2, 0.25) is 0 Å². The molecule has 1 aliphatic rings. The van der Waals surface area contributed by atoms with Gasteiger partial charge in [0.25, 0.3) is 5.91 Å². The van der Waals surface area contributed by atoms with Gasteiger partial charge in [-0.05, 0) is 23.8 Å². The van der Waals surface area contributed by atoms with Gasteiger partial charge in [0.2, 0.25) is 0 Å². The molecular formula is C13H9FN2O3S. The van der Waals surface area contributed by atoms with E-state index >= 15 is 0 Å². The number of nitrogens with one attached hydrogen (secondary N) is 1. The van der Waals surface area contributed by atoms with Gasteiger partial charge >= 0.3 is 5.97 Å². The quantitative estimate of drug-likeness (QED) is 0.860. The van der Waals surface area contributed by atoms with Crippen molar-refractivity contribution < 1.29 is 18.7 Å². The van der Waals surface area contributed by atoms with Crippen LogP contribution in [0.15, 0.2) is 29.8 Å². The van der Waals surface area contributed by atoms with Crippen molar-refractivity contribution in [1.29, 1.82) is 0 Å². The number of thiazole rings is 1. The average molecular weight is 292 g/mol. The van der Waals surface area contributed by atoms with Crippen LogP contribution in [0.4, 0.5) is 9.52 Å². The second kappa shape index (κ2) is 5.01. The normalized spacial score (nSPS) is 17.2. The Morgan fingerprint density at radius 2 is 2.35 bits per heavy atom. The topological polar surface area (TPSA) is 68.3 Å². The molecule has 1 aromatic carbocycles. The molecule has 7 heteroatoms. The van der Waals surface area contributed by atoms with Crippen molar-refractivity contribution in [1.82, 2.24) is 4.98 Å². The zero-order valence-corrected chi connectivity index (χ0v) is 10.9. The van der Waals surface area contributed by atoms with Crippen LogP contribution in [0, 0.1) is 5.82 Å². The Hall–Kier alpha value is -2.28. The number of ether oxygens (including phenoxy) is 1. The number of anilines is 1. The van der Waals surface area contributed by atoms with Crippen molar-refractivity contribution >= 4 is 28.3 Å². The molecule has 1 aromatic heterocycles. The van der Waals surface area contributed by atoms with Gasteiger partial charge in [0, 0.05) is 18.0 Å². The Balaban J connectivity index is 1.80. The van der Waals surface area contributed by atoms with E-state index in [-0.39, 0.29) is 6.42 Å². The molecule has 5 nitrogen and oxygen atoms in total. The summed E-state index contributed by atoms with van der Waals surface area (Å²) in [6, 6.07) is 3.80. The summed E-state index contributed by atoms with van der Waals surface area (Å²) >= 11 is 1.26. The molecule has 1 amide bonds. The van der Waals surface area contributed by atoms with Crippen LogP contribution >= 0.6 is 11.3 Å². The van der Waals surface area contributed by atoms with E-state index in [0.29, 0.717) is 16.3 Å². The van der Waals surface area contributed by atoms with Crippen molar-refractivity contribution in [2.75, 3.05) is 5.32 Å². The van der Waals surface area contributed by atoms with Crippen LogP contribution in [0.3, 0.4) is 0 Å². The van der Waals surface area contributed by atoms with Crippen LogP contribution in [-0.4, -0.2) is 23.0 Å². The SMILES string of the molecule is O=C1OC(C(=O)Nc2nccs2)Cc2cc(F)ccc21. The molecule has 0 aliphatic carbocycles. The fraction of sp³-hybridized carbons (Fsp3) is 0.154. The fourth-order valence-corrected chi connectivity index (χ4v) is 2.51. The summed E-state index contributed by atoms with van der Waals surface area (Å²) in [6.07, 6.45) is 0.731. The lowest BCUT2D eigenvalue weighted by molar-refractivity contribution is -0.125. The van der Waals surface area contributed by atoms with Crippen molar-refractivity contribution in [2.45, 2.75) is 12.5 Å². The monoisotopic (exact) mass is 292 g/mol. The smallest absolute Gasteiger partial charge is 0.339 e. The molecule has 0 spiro atoms. The minimum Gasteiger partial charge on any atom is -0.448 e. The molecule has 2 aromatic rings. The van der Waals surface area contributed by atoms with Gasteiger partial charge in [-0.15, -0.1) is 11.3 Å². The first-order chi connectivity index (χ1) is 9.63. The maximum absolute atomic E-state index is 13.2. The van der Waals surface area contributed by atoms with E-state index < -0.39 is 23.8 Å². The van der Waals surface area contributed by atoms with Crippen LogP contribution in [0.1, 0.15) is 15.9 Å². The first-order valence-electron chi connectivity index (χ1n) is 5.83. The second-order valence-corrected chi connectivity index (χ2v) is 5.12. The number of cyclic esters (lactones) is 1. The van der Waals surface area contributed by atoms with Crippen molar-refractivity contribution in [3.63, 3.8) is 0 Å². The van der Waals surface area contributed by atoms with Crippen LogP contribution < -0.4 is 5.32 Å². The Kier molecular flexibility index (Phi) is 3.19. The third-order valence-electron chi connectivity index (χ3n) is 2.90. The third-order valence-corrected chi connectivity index (χ3v) is 3.59. The molecule has 1 atom stereocenters. The summed E-state index contributed by atoms with van der Waals surface area (Å²) in [5.41, 5.74) is 0.769. The Morgan fingerprint density at radius 1 is 1.50 bits per heavy atom. The van der Waals surface area contributed by atoms with Crippen molar-refractivity contribution in [2.24, 2.45) is 0 Å². The van der Waals surface area contributed by atoms with E-state index in [1.54, 1.807) is 11.6 Å². The predicted octanol–water partition coefficient (Wildman–Crippen LogP) is 2.00. The van der Waals surface area contributed by atoms with E-state index in [1.165, 1.54) is 29.5 Å². The van der Waals surface area contributed by atoms with Gasteiger partial charge in [-0.1, -0.05) is 0 Å². The number of rotatable bonds is 2. The first-order valence-corrected chi connectivity index (χ1v) is 6.71. The number of halogens is 1. The van der Waals surface area contributed by atoms with E-state index in [2.05, 4.69) is 10.3 Å². The van der Waals surface area contributed by atoms with Crippen LogP contribution in [-0.2, 0) is 16.0 Å². The second-order valence-electron chi connectivity index (χ2n) is 4.23. The van der Waals surface area contributed by atoms with E-state index in [0.717, 1.165) is 0 Å². The molecule has 20 heavy (non-hydrogen) atoms. The summed E-state index contributed by atoms with van der Waals surface area (Å²) in [5, 5.41) is 4.70. The highest BCUT2D eigenvalue weighted by Crippen LogP contribution is 2.23. The third kappa shape index (κ3) is 2.39. The molecule has 102 valence electrons. The lowest BCUT2D eigenvalue weighted by Crippen LogP contribution is -2.38. The molecule has 0 bridgehead atoms. The van der Waals surface area contributed by atoms with Gasteiger partial charge in [0.1, 0.15) is 5.82 Å². The van der Waals surface area contributed by atoms with Gasteiger partial charge in [-0.2, -0.15) is 0 Å². The standard InChI is InChI=1S/C13H9FN2O3S/c14-8-1-2-9-7(5-8)6-10(19-12(9)18)11(17)16-13-15-3-4-20-13/h1-5,10H,6H2,(H,15,16,17). The number of fused-ring (bicyclic) bond motifs is 1. The highest BCUT2D eigenvalue weighted by atomic mass is 32.1. The molecule has 0 radical (unpaired) electrons. The van der Waals surface area contributed by atoms with Gasteiger partial charge in [0.05, 0.1) is 5.56 Å². The minimum atomic E-state index is -0.972. The number of hydrogen-bond acceptors (Lipinski definition) is 5. The highest BCUT2D eigenvalue weighted by molar-refractivity contribution is 7.13. The molecule has 2 heterocycles. The molecule has 1 unspecified atom stereocenters.